The van der Waals surface area contributed by atoms with Crippen LogP contribution < -0.4 is 10.8 Å². The van der Waals surface area contributed by atoms with Crippen molar-refractivity contribution in [3.63, 3.8) is 0 Å². The number of carbonyl (C=O) groups is 1. The molecule has 41 heavy (non-hydrogen) atoms. The molecule has 4 heterocycles. The maximum Gasteiger partial charge on any atom is 0.254 e. The number of aromatic nitrogens is 2. The van der Waals surface area contributed by atoms with E-state index in [2.05, 4.69) is 40.9 Å². The average molecular weight is 563 g/mol. The van der Waals surface area contributed by atoms with Gasteiger partial charge in [0.05, 0.1) is 22.6 Å². The fraction of sp³-hybridized carbons (Fsp3) is 0.406. The van der Waals surface area contributed by atoms with Crippen molar-refractivity contribution in [2.45, 2.75) is 60.1 Å². The Hall–Kier alpha value is -3.82. The molecular weight excluding hydrogens is 519 g/mol. The van der Waals surface area contributed by atoms with Gasteiger partial charge in [0, 0.05) is 63.1 Å². The Balaban J connectivity index is 0.00000226. The third kappa shape index (κ3) is 7.48. The van der Waals surface area contributed by atoms with Gasteiger partial charge in [0.15, 0.2) is 5.83 Å². The second kappa shape index (κ2) is 14.2. The van der Waals surface area contributed by atoms with Crippen molar-refractivity contribution in [3.8, 4) is 0 Å². The van der Waals surface area contributed by atoms with E-state index in [-0.39, 0.29) is 17.6 Å². The minimum Gasteiger partial charge on any atom is -0.397 e. The number of halogens is 1. The molecule has 0 radical (unpaired) electrons. The molecule has 0 aromatic carbocycles. The summed E-state index contributed by atoms with van der Waals surface area (Å²) in [6.45, 7) is 13.6. The summed E-state index contributed by atoms with van der Waals surface area (Å²) in [5.41, 5.74) is 12.2. The highest BCUT2D eigenvalue weighted by molar-refractivity contribution is 5.93. The number of hydrogen-bond donors (Lipinski definition) is 1. The van der Waals surface area contributed by atoms with Crippen molar-refractivity contribution in [2.75, 3.05) is 32.2 Å². The van der Waals surface area contributed by atoms with Gasteiger partial charge in [-0.1, -0.05) is 31.6 Å². The second-order valence-electron chi connectivity index (χ2n) is 10.2. The third-order valence-electron chi connectivity index (χ3n) is 7.26. The van der Waals surface area contributed by atoms with Crippen LogP contribution in [0.2, 0.25) is 0 Å². The topological polar surface area (TPSA) is 87.8 Å². The van der Waals surface area contributed by atoms with E-state index in [0.29, 0.717) is 5.56 Å². The number of carbonyl (C=O) groups excluding carboxylic acids is 1. The number of aryl methyl sites for hydroxylation is 1. The molecule has 0 aliphatic carbocycles. The monoisotopic (exact) mass is 562 g/mol. The van der Waals surface area contributed by atoms with Crippen LogP contribution in [-0.4, -0.2) is 65.0 Å². The molecule has 0 spiro atoms. The Kier molecular flexibility index (Phi) is 11.0. The zero-order chi connectivity index (χ0) is 30.3. The summed E-state index contributed by atoms with van der Waals surface area (Å²) >= 11 is 0. The summed E-state index contributed by atoms with van der Waals surface area (Å²) in [5, 5.41) is 1.56. The number of pyridine rings is 2. The van der Waals surface area contributed by atoms with Gasteiger partial charge in [-0.25, -0.2) is 9.45 Å². The Morgan fingerprint density at radius 3 is 2.59 bits per heavy atom. The SMILES string of the molecule is C/C(=C\c1c(N2C=CC(N)=C(F)C(C)O2)ccnc1C)C(C)N1CC=C(c2ccc(C(=O)N(C)C)cn2)CC1.CC. The standard InChI is InChI=1S/C30H37FN6O2.C2H6/c1-19(17-25-20(2)33-13-9-28(25)37-16-12-26(32)29(31)22(4)39-37)21(3)36-14-10-23(11-15-36)27-8-7-24(18-34-27)30(38)35(5)6;1-2/h7-10,12-13,16-18,21-22H,11,14-15,32H2,1-6H3;1-2H3/b19-17+;. The molecule has 2 aromatic heterocycles. The molecule has 0 saturated heterocycles. The first kappa shape index (κ1) is 31.7. The Morgan fingerprint density at radius 1 is 1.24 bits per heavy atom. The highest BCUT2D eigenvalue weighted by Crippen LogP contribution is 2.31. The van der Waals surface area contributed by atoms with Crippen LogP contribution in [0.3, 0.4) is 0 Å². The lowest BCUT2D eigenvalue weighted by atomic mass is 9.99. The number of hydroxylamine groups is 1. The average Bonchev–Trinajstić information content (AvgIpc) is 3.11. The zero-order valence-corrected chi connectivity index (χ0v) is 25.5. The molecule has 2 N–H and O–H groups in total. The lowest BCUT2D eigenvalue weighted by Gasteiger charge is -2.32. The van der Waals surface area contributed by atoms with Crippen molar-refractivity contribution in [1.29, 1.82) is 0 Å². The lowest BCUT2D eigenvalue weighted by Crippen LogP contribution is -2.37. The predicted octanol–water partition coefficient (Wildman–Crippen LogP) is 5.89. The number of nitrogens with two attached hydrogens (primary N) is 1. The van der Waals surface area contributed by atoms with Gasteiger partial charge in [-0.15, -0.1) is 0 Å². The van der Waals surface area contributed by atoms with Gasteiger partial charge in [0.2, 0.25) is 0 Å². The summed E-state index contributed by atoms with van der Waals surface area (Å²) < 4.78 is 14.3. The van der Waals surface area contributed by atoms with Crippen LogP contribution in [0.4, 0.5) is 10.1 Å². The van der Waals surface area contributed by atoms with Gasteiger partial charge in [-0.3, -0.25) is 24.5 Å². The highest BCUT2D eigenvalue weighted by Gasteiger charge is 2.23. The van der Waals surface area contributed by atoms with Crippen LogP contribution in [0.1, 0.15) is 68.3 Å². The van der Waals surface area contributed by atoms with Crippen LogP contribution in [0.5, 0.6) is 0 Å². The van der Waals surface area contributed by atoms with Gasteiger partial charge in [0.25, 0.3) is 5.91 Å². The van der Waals surface area contributed by atoms with Crippen molar-refractivity contribution in [2.24, 2.45) is 5.73 Å². The van der Waals surface area contributed by atoms with Gasteiger partial charge < -0.3 is 10.6 Å². The summed E-state index contributed by atoms with van der Waals surface area (Å²) in [6.07, 6.45) is 10.9. The molecule has 0 saturated carbocycles. The Labute approximate surface area is 243 Å². The predicted molar refractivity (Wildman–Crippen MR) is 164 cm³/mol. The minimum atomic E-state index is -0.807. The first-order chi connectivity index (χ1) is 19.6. The van der Waals surface area contributed by atoms with E-state index in [1.807, 2.05) is 39.0 Å². The van der Waals surface area contributed by atoms with E-state index in [9.17, 15) is 9.18 Å². The molecule has 2 aromatic rings. The van der Waals surface area contributed by atoms with Crippen LogP contribution in [-0.2, 0) is 4.84 Å². The molecule has 1 amide bonds. The maximum atomic E-state index is 14.3. The van der Waals surface area contributed by atoms with Gasteiger partial charge >= 0.3 is 0 Å². The van der Waals surface area contributed by atoms with Crippen LogP contribution in [0.15, 0.2) is 66.0 Å². The van der Waals surface area contributed by atoms with Crippen molar-refractivity contribution in [3.05, 3.63) is 88.6 Å². The van der Waals surface area contributed by atoms with Crippen molar-refractivity contribution in [1.82, 2.24) is 19.8 Å². The number of amides is 1. The molecule has 2 unspecified atom stereocenters. The summed E-state index contributed by atoms with van der Waals surface area (Å²) in [4.78, 5) is 31.0. The van der Waals surface area contributed by atoms with E-state index in [0.717, 1.165) is 42.1 Å². The zero-order valence-electron chi connectivity index (χ0n) is 25.5. The van der Waals surface area contributed by atoms with Crippen molar-refractivity contribution >= 4 is 23.2 Å². The largest absolute Gasteiger partial charge is 0.397 e. The first-order valence-electron chi connectivity index (χ1n) is 14.1. The number of rotatable bonds is 6. The summed E-state index contributed by atoms with van der Waals surface area (Å²) in [6, 6.07) is 5.80. The first-order valence-corrected chi connectivity index (χ1v) is 14.1. The number of hydrogen-bond acceptors (Lipinski definition) is 7. The Bertz CT molecular complexity index is 1350. The molecule has 2 aliphatic heterocycles. The Morgan fingerprint density at radius 2 is 1.98 bits per heavy atom. The van der Waals surface area contributed by atoms with E-state index in [4.69, 9.17) is 10.6 Å². The molecule has 9 heteroatoms. The molecule has 220 valence electrons. The quantitative estimate of drug-likeness (QED) is 0.470. The fourth-order valence-electron chi connectivity index (χ4n) is 4.66. The number of nitrogens with zero attached hydrogens (tertiary/aromatic N) is 5. The smallest absolute Gasteiger partial charge is 0.254 e. The van der Waals surface area contributed by atoms with Crippen LogP contribution in [0, 0.1) is 6.92 Å². The minimum absolute atomic E-state index is 0.0538. The van der Waals surface area contributed by atoms with Gasteiger partial charge in [-0.05, 0) is 64.0 Å². The molecule has 0 bridgehead atoms. The fourth-order valence-corrected chi connectivity index (χ4v) is 4.66. The van der Waals surface area contributed by atoms with Gasteiger partial charge in [0.1, 0.15) is 6.10 Å². The molecule has 0 fully saturated rings. The summed E-state index contributed by atoms with van der Waals surface area (Å²) in [5.74, 6) is -0.547. The van der Waals surface area contributed by atoms with Gasteiger partial charge in [-0.2, -0.15) is 0 Å². The number of anilines is 1. The van der Waals surface area contributed by atoms with E-state index >= 15 is 0 Å². The lowest BCUT2D eigenvalue weighted by molar-refractivity contribution is 0.0736. The molecular formula is C32H43FN6O2. The van der Waals surface area contributed by atoms with Crippen LogP contribution in [0.25, 0.3) is 11.6 Å². The maximum absolute atomic E-state index is 14.3. The molecule has 8 nitrogen and oxygen atoms in total. The highest BCUT2D eigenvalue weighted by atomic mass is 19.1. The number of allylic oxidation sites excluding steroid dienone is 1. The van der Waals surface area contributed by atoms with Crippen LogP contribution >= 0.6 is 0 Å². The second-order valence-corrected chi connectivity index (χ2v) is 10.2. The van der Waals surface area contributed by atoms with Crippen molar-refractivity contribution < 1.29 is 14.0 Å². The van der Waals surface area contributed by atoms with E-state index in [1.165, 1.54) is 17.2 Å². The summed E-state index contributed by atoms with van der Waals surface area (Å²) in [7, 11) is 3.47. The molecule has 2 aliphatic rings. The normalized spacial score (nSPS) is 18.8. The van der Waals surface area contributed by atoms with E-state index < -0.39 is 11.9 Å². The third-order valence-corrected chi connectivity index (χ3v) is 7.26. The van der Waals surface area contributed by atoms with E-state index in [1.54, 1.807) is 49.6 Å². The molecule has 4 rings (SSSR count). The molecule has 2 atom stereocenters.